The second-order valence-corrected chi connectivity index (χ2v) is 12.6. The maximum atomic E-state index is 6.44. The van der Waals surface area contributed by atoms with Crippen LogP contribution in [-0.4, -0.2) is 4.57 Å². The number of aromatic nitrogens is 1. The van der Waals surface area contributed by atoms with Gasteiger partial charge in [0, 0.05) is 32.6 Å². The highest BCUT2D eigenvalue weighted by Gasteiger charge is 2.17. The monoisotopic (exact) mass is 611 g/mol. The summed E-state index contributed by atoms with van der Waals surface area (Å²) >= 11 is 0. The lowest BCUT2D eigenvalue weighted by Crippen LogP contribution is -1.94. The lowest BCUT2D eigenvalue weighted by atomic mass is 9.93. The molecule has 2 heteroatoms. The summed E-state index contributed by atoms with van der Waals surface area (Å²) in [5.41, 5.74) is 12.6. The average molecular weight is 612 g/mol. The van der Waals surface area contributed by atoms with Gasteiger partial charge in [0.05, 0.1) is 11.0 Å². The van der Waals surface area contributed by atoms with Crippen molar-refractivity contribution >= 4 is 54.5 Å². The van der Waals surface area contributed by atoms with Gasteiger partial charge in [-0.2, -0.15) is 0 Å². The number of furan rings is 1. The van der Waals surface area contributed by atoms with Crippen LogP contribution in [0.2, 0.25) is 0 Å². The van der Waals surface area contributed by atoms with Gasteiger partial charge in [0.15, 0.2) is 0 Å². The Bertz CT molecular complexity index is 2750. The molecule has 8 aromatic carbocycles. The van der Waals surface area contributed by atoms with Crippen LogP contribution in [0.3, 0.4) is 0 Å². The summed E-state index contributed by atoms with van der Waals surface area (Å²) in [6.45, 7) is 0. The Balaban J connectivity index is 1.14. The molecule has 2 heterocycles. The van der Waals surface area contributed by atoms with Crippen LogP contribution >= 0.6 is 0 Å². The van der Waals surface area contributed by atoms with Gasteiger partial charge in [0.25, 0.3) is 0 Å². The van der Waals surface area contributed by atoms with E-state index < -0.39 is 0 Å². The van der Waals surface area contributed by atoms with Crippen LogP contribution in [-0.2, 0) is 0 Å². The molecule has 0 fully saturated rings. The zero-order valence-electron chi connectivity index (χ0n) is 26.1. The molecule has 0 spiro atoms. The highest BCUT2D eigenvalue weighted by Crippen LogP contribution is 2.40. The predicted molar refractivity (Wildman–Crippen MR) is 202 cm³/mol. The van der Waals surface area contributed by atoms with E-state index in [0.29, 0.717) is 0 Å². The molecule has 10 rings (SSSR count). The molecule has 0 saturated heterocycles. The van der Waals surface area contributed by atoms with E-state index in [1.54, 1.807) is 0 Å². The molecule has 0 aliphatic rings. The summed E-state index contributed by atoms with van der Waals surface area (Å²) in [5.74, 6) is 0. The van der Waals surface area contributed by atoms with Crippen molar-refractivity contribution in [3.63, 3.8) is 0 Å². The highest BCUT2D eigenvalue weighted by molar-refractivity contribution is 6.20. The zero-order valence-corrected chi connectivity index (χ0v) is 26.1. The Morgan fingerprint density at radius 1 is 0.333 bits per heavy atom. The Morgan fingerprint density at radius 2 is 0.917 bits per heavy atom. The van der Waals surface area contributed by atoms with E-state index in [-0.39, 0.29) is 0 Å². The lowest BCUT2D eigenvalue weighted by molar-refractivity contribution is 0.672. The van der Waals surface area contributed by atoms with E-state index in [4.69, 9.17) is 4.42 Å². The number of hydrogen-bond donors (Lipinski definition) is 0. The lowest BCUT2D eigenvalue weighted by Gasteiger charge is -2.13. The fourth-order valence-electron chi connectivity index (χ4n) is 7.44. The fraction of sp³-hybridized carbons (Fsp3) is 0. The Morgan fingerprint density at radius 3 is 1.60 bits per heavy atom. The number of para-hydroxylation sites is 2. The normalized spacial score (nSPS) is 11.8. The first-order valence-corrected chi connectivity index (χ1v) is 16.4. The largest absolute Gasteiger partial charge is 0.455 e. The molecule has 2 aromatic heterocycles. The number of nitrogens with zero attached hydrogens (tertiary/aromatic N) is 1. The van der Waals surface area contributed by atoms with Crippen molar-refractivity contribution in [3.8, 4) is 39.1 Å². The highest BCUT2D eigenvalue weighted by atomic mass is 16.3. The molecular formula is C46H29NO. The molecule has 48 heavy (non-hydrogen) atoms. The average Bonchev–Trinajstić information content (AvgIpc) is 3.70. The van der Waals surface area contributed by atoms with E-state index in [0.717, 1.165) is 33.0 Å². The van der Waals surface area contributed by atoms with Crippen LogP contribution in [0.25, 0.3) is 93.6 Å². The van der Waals surface area contributed by atoms with E-state index in [1.165, 1.54) is 60.6 Å². The Hall–Kier alpha value is -6.38. The fourth-order valence-corrected chi connectivity index (χ4v) is 7.44. The Kier molecular flexibility index (Phi) is 5.91. The van der Waals surface area contributed by atoms with Gasteiger partial charge in [-0.05, 0) is 99.4 Å². The molecule has 0 unspecified atom stereocenters. The Labute approximate surface area is 277 Å². The second-order valence-electron chi connectivity index (χ2n) is 12.6. The quantitative estimate of drug-likeness (QED) is 0.194. The van der Waals surface area contributed by atoms with Gasteiger partial charge in [0.1, 0.15) is 11.2 Å². The summed E-state index contributed by atoms with van der Waals surface area (Å²) in [7, 11) is 0. The van der Waals surface area contributed by atoms with E-state index in [1.807, 2.05) is 6.07 Å². The molecule has 10 aromatic rings. The van der Waals surface area contributed by atoms with E-state index in [9.17, 15) is 0 Å². The van der Waals surface area contributed by atoms with E-state index >= 15 is 0 Å². The van der Waals surface area contributed by atoms with Crippen molar-refractivity contribution < 1.29 is 4.42 Å². The molecule has 0 N–H and O–H groups in total. The summed E-state index contributed by atoms with van der Waals surface area (Å²) in [6, 6.07) is 63.3. The minimum Gasteiger partial charge on any atom is -0.455 e. The summed E-state index contributed by atoms with van der Waals surface area (Å²) in [6.07, 6.45) is 0. The third-order valence-electron chi connectivity index (χ3n) is 9.76. The first-order chi connectivity index (χ1) is 23.8. The van der Waals surface area contributed by atoms with Gasteiger partial charge in [-0.1, -0.05) is 115 Å². The third kappa shape index (κ3) is 4.20. The third-order valence-corrected chi connectivity index (χ3v) is 9.76. The number of hydrogen-bond acceptors (Lipinski definition) is 1. The number of fused-ring (bicyclic) bond motifs is 8. The summed E-state index contributed by atoms with van der Waals surface area (Å²) in [4.78, 5) is 0. The molecule has 0 saturated carbocycles. The molecule has 0 aliphatic heterocycles. The maximum Gasteiger partial charge on any atom is 0.143 e. The van der Waals surface area contributed by atoms with Crippen LogP contribution in [0.5, 0.6) is 0 Å². The van der Waals surface area contributed by atoms with Crippen molar-refractivity contribution in [2.24, 2.45) is 0 Å². The molecule has 0 radical (unpaired) electrons. The maximum absolute atomic E-state index is 6.44. The molecule has 2 nitrogen and oxygen atoms in total. The summed E-state index contributed by atoms with van der Waals surface area (Å²) < 4.78 is 8.84. The standard InChI is InChI=1S/C46H29NO/c1-3-11-30(12-4-1)34-25-35(31-13-5-2-6-14-31)27-36(26-34)32-19-22-37(23-20-32)47-43-17-9-7-15-38(43)42-29-41-33(28-44(42)47)21-24-40-39-16-8-10-18-45(39)48-46(40)41/h1-29H. The van der Waals surface area contributed by atoms with Crippen LogP contribution in [0.1, 0.15) is 0 Å². The van der Waals surface area contributed by atoms with E-state index in [2.05, 4.69) is 174 Å². The van der Waals surface area contributed by atoms with Gasteiger partial charge in [-0.3, -0.25) is 0 Å². The zero-order chi connectivity index (χ0) is 31.6. The number of rotatable bonds is 4. The number of benzene rings is 8. The van der Waals surface area contributed by atoms with Crippen LogP contribution in [0.4, 0.5) is 0 Å². The van der Waals surface area contributed by atoms with Gasteiger partial charge in [-0.25, -0.2) is 0 Å². The predicted octanol–water partition coefficient (Wildman–Crippen LogP) is 12.8. The minimum atomic E-state index is 0.924. The molecule has 0 aliphatic carbocycles. The van der Waals surface area contributed by atoms with Gasteiger partial charge < -0.3 is 8.98 Å². The van der Waals surface area contributed by atoms with Gasteiger partial charge in [-0.15, -0.1) is 0 Å². The topological polar surface area (TPSA) is 18.1 Å². The van der Waals surface area contributed by atoms with Crippen LogP contribution in [0, 0.1) is 0 Å². The molecular weight excluding hydrogens is 583 g/mol. The first-order valence-electron chi connectivity index (χ1n) is 16.4. The SMILES string of the molecule is c1ccc(-c2cc(-c3ccccc3)cc(-c3ccc(-n4c5ccccc5c5cc6c(ccc7c8ccccc8oc67)cc54)cc3)c2)cc1. The van der Waals surface area contributed by atoms with Crippen LogP contribution in [0.15, 0.2) is 180 Å². The summed E-state index contributed by atoms with van der Waals surface area (Å²) in [5, 5.41) is 7.07. The van der Waals surface area contributed by atoms with Crippen molar-refractivity contribution in [1.29, 1.82) is 0 Å². The van der Waals surface area contributed by atoms with Crippen molar-refractivity contribution in [2.75, 3.05) is 0 Å². The van der Waals surface area contributed by atoms with Crippen molar-refractivity contribution in [1.82, 2.24) is 4.57 Å². The molecule has 224 valence electrons. The molecule has 0 atom stereocenters. The smallest absolute Gasteiger partial charge is 0.143 e. The second kappa shape index (κ2) is 10.6. The molecule has 0 amide bonds. The van der Waals surface area contributed by atoms with Gasteiger partial charge >= 0.3 is 0 Å². The van der Waals surface area contributed by atoms with Crippen LogP contribution < -0.4 is 0 Å². The minimum absolute atomic E-state index is 0.924. The molecule has 0 bridgehead atoms. The first kappa shape index (κ1) is 26.8. The van der Waals surface area contributed by atoms with Gasteiger partial charge in [0.2, 0.25) is 0 Å². The van der Waals surface area contributed by atoms with Crippen molar-refractivity contribution in [3.05, 3.63) is 176 Å². The van der Waals surface area contributed by atoms with Crippen molar-refractivity contribution in [2.45, 2.75) is 0 Å².